The Kier molecular flexibility index (Phi) is 4.91. The minimum Gasteiger partial charge on any atom is -0.370 e. The number of hydrogen-bond donors (Lipinski definition) is 2. The number of nitrogens with two attached hydrogens (primary N) is 1. The number of rotatable bonds is 4. The van der Waals surface area contributed by atoms with E-state index < -0.39 is 0 Å². The van der Waals surface area contributed by atoms with E-state index in [1.807, 2.05) is 49.4 Å². The maximum atomic E-state index is 5.98. The second kappa shape index (κ2) is 7.27. The Morgan fingerprint density at radius 2 is 1.79 bits per heavy atom. The molecule has 3 rings (SSSR count). The zero-order valence-corrected chi connectivity index (χ0v) is 14.6. The molecule has 2 aromatic carbocycles. The molecule has 1 aromatic heterocycles. The topological polar surface area (TPSA) is 63.3 Å². The zero-order chi connectivity index (χ0) is 16.9. The number of aryl methyl sites for hydroxylation is 2. The van der Waals surface area contributed by atoms with Crippen LogP contribution in [0.1, 0.15) is 16.1 Å². The van der Waals surface area contributed by atoms with Crippen LogP contribution >= 0.6 is 11.3 Å². The molecule has 122 valence electrons. The lowest BCUT2D eigenvalue weighted by Gasteiger charge is -2.05. The van der Waals surface area contributed by atoms with E-state index in [9.17, 15) is 0 Å². The van der Waals surface area contributed by atoms with Gasteiger partial charge in [0.1, 0.15) is 5.01 Å². The SMILES string of the molecule is Cc1ccc(NC(N)=NCc2sc(-c3ccccc3)nc2C)cc1. The molecule has 4 nitrogen and oxygen atoms in total. The van der Waals surface area contributed by atoms with Gasteiger partial charge in [0.2, 0.25) is 0 Å². The number of hydrogen-bond acceptors (Lipinski definition) is 3. The molecule has 0 aliphatic heterocycles. The van der Waals surface area contributed by atoms with Crippen LogP contribution in [0.4, 0.5) is 5.69 Å². The summed E-state index contributed by atoms with van der Waals surface area (Å²) in [5.74, 6) is 0.410. The first-order valence-corrected chi connectivity index (χ1v) is 8.59. The number of benzene rings is 2. The van der Waals surface area contributed by atoms with Gasteiger partial charge in [-0.15, -0.1) is 11.3 Å². The number of aliphatic imine (C=N–C) groups is 1. The van der Waals surface area contributed by atoms with Crippen molar-refractivity contribution in [2.45, 2.75) is 20.4 Å². The Labute approximate surface area is 146 Å². The van der Waals surface area contributed by atoms with Crippen LogP contribution in [0.3, 0.4) is 0 Å². The van der Waals surface area contributed by atoms with Gasteiger partial charge in [-0.2, -0.15) is 0 Å². The molecule has 0 aliphatic carbocycles. The van der Waals surface area contributed by atoms with E-state index in [2.05, 4.69) is 34.3 Å². The van der Waals surface area contributed by atoms with Crippen LogP contribution < -0.4 is 11.1 Å². The van der Waals surface area contributed by atoms with Gasteiger partial charge in [-0.3, -0.25) is 0 Å². The fourth-order valence-corrected chi connectivity index (χ4v) is 3.25. The largest absolute Gasteiger partial charge is 0.370 e. The molecular formula is C19H20N4S. The van der Waals surface area contributed by atoms with Gasteiger partial charge in [0.05, 0.1) is 12.2 Å². The van der Waals surface area contributed by atoms with Crippen molar-refractivity contribution in [1.29, 1.82) is 0 Å². The summed E-state index contributed by atoms with van der Waals surface area (Å²) in [6, 6.07) is 18.2. The van der Waals surface area contributed by atoms with Crippen molar-refractivity contribution in [3.63, 3.8) is 0 Å². The summed E-state index contributed by atoms with van der Waals surface area (Å²) in [6.07, 6.45) is 0. The Hall–Kier alpha value is -2.66. The number of anilines is 1. The fraction of sp³-hybridized carbons (Fsp3) is 0.158. The fourth-order valence-electron chi connectivity index (χ4n) is 2.26. The smallest absolute Gasteiger partial charge is 0.193 e. The van der Waals surface area contributed by atoms with Crippen LogP contribution in [0.5, 0.6) is 0 Å². The molecule has 0 saturated carbocycles. The minimum atomic E-state index is 0.410. The average molecular weight is 336 g/mol. The van der Waals surface area contributed by atoms with E-state index in [0.717, 1.165) is 26.8 Å². The van der Waals surface area contributed by atoms with E-state index in [-0.39, 0.29) is 0 Å². The summed E-state index contributed by atoms with van der Waals surface area (Å²) >= 11 is 1.66. The van der Waals surface area contributed by atoms with Crippen molar-refractivity contribution in [3.8, 4) is 10.6 Å². The first-order chi connectivity index (χ1) is 11.6. The predicted molar refractivity (Wildman–Crippen MR) is 102 cm³/mol. The molecule has 3 N–H and O–H groups in total. The summed E-state index contributed by atoms with van der Waals surface area (Å²) in [5.41, 5.74) is 10.3. The lowest BCUT2D eigenvalue weighted by atomic mass is 10.2. The highest BCUT2D eigenvalue weighted by molar-refractivity contribution is 7.15. The third-order valence-electron chi connectivity index (χ3n) is 3.63. The van der Waals surface area contributed by atoms with Crippen molar-refractivity contribution < 1.29 is 0 Å². The molecule has 3 aromatic rings. The van der Waals surface area contributed by atoms with Crippen LogP contribution in [0.15, 0.2) is 59.6 Å². The maximum absolute atomic E-state index is 5.98. The van der Waals surface area contributed by atoms with Gasteiger partial charge >= 0.3 is 0 Å². The molecule has 5 heteroatoms. The van der Waals surface area contributed by atoms with Crippen LogP contribution in [0, 0.1) is 13.8 Å². The van der Waals surface area contributed by atoms with Crippen molar-refractivity contribution in [3.05, 3.63) is 70.7 Å². The third kappa shape index (κ3) is 4.00. The van der Waals surface area contributed by atoms with Crippen LogP contribution in [-0.2, 0) is 6.54 Å². The lowest BCUT2D eigenvalue weighted by Crippen LogP contribution is -2.22. The van der Waals surface area contributed by atoms with Crippen molar-refractivity contribution in [2.75, 3.05) is 5.32 Å². The highest BCUT2D eigenvalue weighted by Gasteiger charge is 2.08. The first-order valence-electron chi connectivity index (χ1n) is 7.77. The predicted octanol–water partition coefficient (Wildman–Crippen LogP) is 4.35. The number of nitrogens with zero attached hydrogens (tertiary/aromatic N) is 2. The Morgan fingerprint density at radius 1 is 1.08 bits per heavy atom. The van der Waals surface area contributed by atoms with Gasteiger partial charge in [0.25, 0.3) is 0 Å². The van der Waals surface area contributed by atoms with E-state index >= 15 is 0 Å². The highest BCUT2D eigenvalue weighted by Crippen LogP contribution is 2.28. The van der Waals surface area contributed by atoms with Crippen molar-refractivity contribution in [1.82, 2.24) is 4.98 Å². The minimum absolute atomic E-state index is 0.410. The van der Waals surface area contributed by atoms with Gasteiger partial charge in [0.15, 0.2) is 5.96 Å². The second-order valence-corrected chi connectivity index (χ2v) is 6.67. The normalized spacial score (nSPS) is 11.5. The molecule has 1 heterocycles. The molecule has 0 atom stereocenters. The maximum Gasteiger partial charge on any atom is 0.193 e. The third-order valence-corrected chi connectivity index (χ3v) is 4.82. The average Bonchev–Trinajstić information content (AvgIpc) is 2.97. The van der Waals surface area contributed by atoms with E-state index in [4.69, 9.17) is 5.73 Å². The molecule has 0 aliphatic rings. The summed E-state index contributed by atoms with van der Waals surface area (Å²) in [7, 11) is 0. The standard InChI is InChI=1S/C19H20N4S/c1-13-8-10-16(11-9-13)23-19(20)21-12-17-14(2)22-18(24-17)15-6-4-3-5-7-15/h3-11H,12H2,1-2H3,(H3,20,21,23). The molecule has 0 spiro atoms. The number of aromatic nitrogens is 1. The summed E-state index contributed by atoms with van der Waals surface area (Å²) in [6.45, 7) is 4.59. The zero-order valence-electron chi connectivity index (χ0n) is 13.8. The molecule has 0 fully saturated rings. The summed E-state index contributed by atoms with van der Waals surface area (Å²) in [5, 5.41) is 4.13. The van der Waals surface area contributed by atoms with Crippen molar-refractivity contribution >= 4 is 23.0 Å². The van der Waals surface area contributed by atoms with Crippen LogP contribution in [-0.4, -0.2) is 10.9 Å². The molecule has 24 heavy (non-hydrogen) atoms. The van der Waals surface area contributed by atoms with E-state index in [0.29, 0.717) is 12.5 Å². The monoisotopic (exact) mass is 336 g/mol. The van der Waals surface area contributed by atoms with Crippen LogP contribution in [0.25, 0.3) is 10.6 Å². The Bertz CT molecular complexity index is 836. The van der Waals surface area contributed by atoms with Gasteiger partial charge in [-0.25, -0.2) is 9.98 Å². The summed E-state index contributed by atoms with van der Waals surface area (Å²) in [4.78, 5) is 10.2. The highest BCUT2D eigenvalue weighted by atomic mass is 32.1. The lowest BCUT2D eigenvalue weighted by molar-refractivity contribution is 1.05. The van der Waals surface area contributed by atoms with Gasteiger partial charge in [-0.1, -0.05) is 48.0 Å². The number of nitrogens with one attached hydrogen (secondary N) is 1. The molecule has 0 unspecified atom stereocenters. The molecular weight excluding hydrogens is 316 g/mol. The van der Waals surface area contributed by atoms with E-state index in [1.54, 1.807) is 11.3 Å². The number of guanidine groups is 1. The second-order valence-electron chi connectivity index (χ2n) is 5.59. The summed E-state index contributed by atoms with van der Waals surface area (Å²) < 4.78 is 0. The number of thiazole rings is 1. The quantitative estimate of drug-likeness (QED) is 0.550. The molecule has 0 saturated heterocycles. The first kappa shape index (κ1) is 16.2. The van der Waals surface area contributed by atoms with Gasteiger partial charge < -0.3 is 11.1 Å². The molecule has 0 radical (unpaired) electrons. The van der Waals surface area contributed by atoms with E-state index in [1.165, 1.54) is 5.56 Å². The van der Waals surface area contributed by atoms with Gasteiger partial charge in [-0.05, 0) is 26.0 Å². The Morgan fingerprint density at radius 3 is 2.50 bits per heavy atom. The molecule has 0 bridgehead atoms. The van der Waals surface area contributed by atoms with Crippen molar-refractivity contribution in [2.24, 2.45) is 10.7 Å². The van der Waals surface area contributed by atoms with Gasteiger partial charge in [0, 0.05) is 16.1 Å². The van der Waals surface area contributed by atoms with Crippen LogP contribution in [0.2, 0.25) is 0 Å². The molecule has 0 amide bonds. The Balaban J connectivity index is 1.69.